The highest BCUT2D eigenvalue weighted by Gasteiger charge is 2.51. The Hall–Kier alpha value is -3.66. The van der Waals surface area contributed by atoms with Gasteiger partial charge in [-0.3, -0.25) is 9.78 Å². The molecule has 2 fully saturated rings. The number of hydrogen-bond acceptors (Lipinski definition) is 6. The molecule has 0 unspecified atom stereocenters. The summed E-state index contributed by atoms with van der Waals surface area (Å²) >= 11 is 0. The lowest BCUT2D eigenvalue weighted by Crippen LogP contribution is -2.37. The molecular formula is C29H30N4O4S. The van der Waals surface area contributed by atoms with Gasteiger partial charge >= 0.3 is 0 Å². The van der Waals surface area contributed by atoms with Crippen molar-refractivity contribution < 1.29 is 19.7 Å². The fraction of sp³-hybridized carbons (Fsp3) is 0.276. The van der Waals surface area contributed by atoms with Crippen LogP contribution in [0.5, 0.6) is 0 Å². The van der Waals surface area contributed by atoms with Crippen molar-refractivity contribution in [3.05, 3.63) is 84.6 Å². The number of hydrogen-bond donors (Lipinski definition) is 2. The SMILES string of the molecule is O=C(Nc1cccc(-c2ccc(S(=O)(=O)N3CCC[C@@H]3CO)cc2)n1)C1(c2ccc3ncccc3c2)CC1.[HH]. The molecule has 2 aliphatic rings. The van der Waals surface area contributed by atoms with Gasteiger partial charge in [-0.25, -0.2) is 13.4 Å². The van der Waals surface area contributed by atoms with Crippen LogP contribution in [0.15, 0.2) is 83.9 Å². The number of pyridine rings is 2. The predicted molar refractivity (Wildman–Crippen MR) is 147 cm³/mol. The minimum Gasteiger partial charge on any atom is -0.395 e. The zero-order chi connectivity index (χ0) is 26.3. The van der Waals surface area contributed by atoms with E-state index in [0.717, 1.165) is 41.3 Å². The number of rotatable bonds is 7. The fourth-order valence-corrected chi connectivity index (χ4v) is 6.97. The van der Waals surface area contributed by atoms with Gasteiger partial charge in [0.25, 0.3) is 0 Å². The van der Waals surface area contributed by atoms with E-state index < -0.39 is 15.4 Å². The normalized spacial score (nSPS) is 18.9. The Balaban J connectivity index is 0.00000308. The Morgan fingerprint density at radius 1 is 1.08 bits per heavy atom. The number of aliphatic hydroxyl groups is 1. The zero-order valence-corrected chi connectivity index (χ0v) is 21.6. The second-order valence-electron chi connectivity index (χ2n) is 9.97. The van der Waals surface area contributed by atoms with Crippen LogP contribution in [-0.2, 0) is 20.2 Å². The van der Waals surface area contributed by atoms with E-state index >= 15 is 0 Å². The summed E-state index contributed by atoms with van der Waals surface area (Å²) in [7, 11) is -3.68. The molecular weight excluding hydrogens is 500 g/mol. The van der Waals surface area contributed by atoms with E-state index in [9.17, 15) is 18.3 Å². The molecule has 1 saturated heterocycles. The standard InChI is InChI=1S/C29H28N4O4S.H2/c34-19-23-5-3-17-33(23)38(36,37)24-11-8-20(9-12-24)26-6-1-7-27(31-26)32-28(35)29(14-15-29)22-10-13-25-21(18-22)4-2-16-30-25;/h1-2,4,6-13,16,18,23,34H,3,5,14-15,17,19H2,(H,31,32,35);1H/t23-;/m1./s1. The Kier molecular flexibility index (Phi) is 6.22. The molecule has 1 aliphatic heterocycles. The summed E-state index contributed by atoms with van der Waals surface area (Å²) in [4.78, 5) is 22.5. The van der Waals surface area contributed by atoms with Crippen molar-refractivity contribution in [2.45, 2.75) is 42.0 Å². The number of anilines is 1. The lowest BCUT2D eigenvalue weighted by atomic mass is 9.93. The number of nitrogens with one attached hydrogen (secondary N) is 1. The monoisotopic (exact) mass is 530 g/mol. The van der Waals surface area contributed by atoms with Crippen LogP contribution >= 0.6 is 0 Å². The summed E-state index contributed by atoms with van der Waals surface area (Å²) in [6, 6.07) is 21.5. The first-order valence-electron chi connectivity index (χ1n) is 12.8. The van der Waals surface area contributed by atoms with Gasteiger partial charge in [-0.1, -0.05) is 30.3 Å². The third kappa shape index (κ3) is 4.36. The molecule has 1 atom stereocenters. The van der Waals surface area contributed by atoms with Gasteiger partial charge in [0, 0.05) is 31.2 Å². The first-order chi connectivity index (χ1) is 18.4. The Labute approximate surface area is 222 Å². The van der Waals surface area contributed by atoms with Crippen LogP contribution in [-0.4, -0.2) is 52.9 Å². The first-order valence-corrected chi connectivity index (χ1v) is 14.2. The van der Waals surface area contributed by atoms with Crippen molar-refractivity contribution in [3.8, 4) is 11.3 Å². The smallest absolute Gasteiger partial charge is 0.243 e. The lowest BCUT2D eigenvalue weighted by Gasteiger charge is -2.22. The van der Waals surface area contributed by atoms with Crippen molar-refractivity contribution in [2.75, 3.05) is 18.5 Å². The summed E-state index contributed by atoms with van der Waals surface area (Å²) in [6.45, 7) is 0.231. The van der Waals surface area contributed by atoms with E-state index in [1.165, 1.54) is 4.31 Å². The summed E-state index contributed by atoms with van der Waals surface area (Å²) < 4.78 is 27.5. The number of fused-ring (bicyclic) bond motifs is 1. The van der Waals surface area contributed by atoms with Crippen molar-refractivity contribution >= 4 is 32.7 Å². The molecule has 3 heterocycles. The molecule has 2 aromatic heterocycles. The average Bonchev–Trinajstić information content (AvgIpc) is 3.62. The van der Waals surface area contributed by atoms with Crippen LogP contribution in [0.4, 0.5) is 5.82 Å². The molecule has 0 bridgehead atoms. The fourth-order valence-electron chi connectivity index (χ4n) is 5.29. The number of nitrogens with zero attached hydrogens (tertiary/aromatic N) is 3. The number of amides is 1. The minimum atomic E-state index is -3.68. The number of aliphatic hydroxyl groups excluding tert-OH is 1. The molecule has 2 N–H and O–H groups in total. The molecule has 4 aromatic rings. The highest BCUT2D eigenvalue weighted by atomic mass is 32.2. The van der Waals surface area contributed by atoms with Crippen molar-refractivity contribution in [3.63, 3.8) is 0 Å². The van der Waals surface area contributed by atoms with Gasteiger partial charge in [-0.2, -0.15) is 4.31 Å². The van der Waals surface area contributed by atoms with Crippen molar-refractivity contribution in [2.24, 2.45) is 0 Å². The molecule has 0 radical (unpaired) electrons. The van der Waals surface area contributed by atoms with Crippen LogP contribution < -0.4 is 5.32 Å². The molecule has 9 heteroatoms. The van der Waals surface area contributed by atoms with Gasteiger partial charge in [-0.05, 0) is 73.7 Å². The first kappa shape index (κ1) is 24.7. The van der Waals surface area contributed by atoms with Gasteiger partial charge in [0.05, 0.1) is 28.1 Å². The zero-order valence-electron chi connectivity index (χ0n) is 20.7. The quantitative estimate of drug-likeness (QED) is 0.367. The topological polar surface area (TPSA) is 112 Å². The molecule has 1 amide bonds. The number of carbonyl (C=O) groups is 1. The van der Waals surface area contributed by atoms with Crippen molar-refractivity contribution in [1.29, 1.82) is 0 Å². The maximum absolute atomic E-state index is 13.4. The Morgan fingerprint density at radius 2 is 1.89 bits per heavy atom. The van der Waals surface area contributed by atoms with E-state index in [1.54, 1.807) is 36.5 Å². The summed E-state index contributed by atoms with van der Waals surface area (Å²) in [5.41, 5.74) is 2.67. The second kappa shape index (κ2) is 9.58. The Morgan fingerprint density at radius 3 is 2.66 bits per heavy atom. The van der Waals surface area contributed by atoms with E-state index in [2.05, 4.69) is 15.3 Å². The summed E-state index contributed by atoms with van der Waals surface area (Å²) in [5.74, 6) is 0.358. The van der Waals surface area contributed by atoms with Gasteiger partial charge in [0.2, 0.25) is 15.9 Å². The van der Waals surface area contributed by atoms with Crippen LogP contribution in [0, 0.1) is 0 Å². The average molecular weight is 531 g/mol. The molecule has 8 nitrogen and oxygen atoms in total. The van der Waals surface area contributed by atoms with Crippen LogP contribution in [0.3, 0.4) is 0 Å². The molecule has 1 aliphatic carbocycles. The lowest BCUT2D eigenvalue weighted by molar-refractivity contribution is -0.118. The second-order valence-corrected chi connectivity index (χ2v) is 11.9. The van der Waals surface area contributed by atoms with E-state index in [1.807, 2.05) is 42.5 Å². The molecule has 1 saturated carbocycles. The maximum Gasteiger partial charge on any atom is 0.243 e. The van der Waals surface area contributed by atoms with Crippen LogP contribution in [0.2, 0.25) is 0 Å². The summed E-state index contributed by atoms with van der Waals surface area (Å²) in [5, 5.41) is 13.5. The molecule has 0 spiro atoms. The summed E-state index contributed by atoms with van der Waals surface area (Å²) in [6.07, 6.45) is 4.70. The van der Waals surface area contributed by atoms with Crippen LogP contribution in [0.25, 0.3) is 22.2 Å². The van der Waals surface area contributed by atoms with Gasteiger partial charge in [-0.15, -0.1) is 0 Å². The van der Waals surface area contributed by atoms with Gasteiger partial charge in [0.15, 0.2) is 0 Å². The third-order valence-electron chi connectivity index (χ3n) is 7.62. The van der Waals surface area contributed by atoms with E-state index in [-0.39, 0.29) is 24.9 Å². The minimum absolute atomic E-state index is 0. The molecule has 38 heavy (non-hydrogen) atoms. The third-order valence-corrected chi connectivity index (χ3v) is 9.59. The van der Waals surface area contributed by atoms with Gasteiger partial charge < -0.3 is 10.4 Å². The predicted octanol–water partition coefficient (Wildman–Crippen LogP) is 4.36. The number of sulfonamides is 1. The van der Waals surface area contributed by atoms with E-state index in [4.69, 9.17) is 0 Å². The van der Waals surface area contributed by atoms with Crippen molar-refractivity contribution in [1.82, 2.24) is 14.3 Å². The molecule has 196 valence electrons. The highest BCUT2D eigenvalue weighted by Crippen LogP contribution is 2.49. The largest absolute Gasteiger partial charge is 0.395 e. The van der Waals surface area contributed by atoms with Gasteiger partial charge in [0.1, 0.15) is 5.82 Å². The Bertz CT molecular complexity index is 1620. The number of carbonyl (C=O) groups excluding carboxylic acids is 1. The maximum atomic E-state index is 13.4. The number of benzene rings is 2. The highest BCUT2D eigenvalue weighted by molar-refractivity contribution is 7.89. The number of aromatic nitrogens is 2. The molecule has 6 rings (SSSR count). The molecule has 2 aromatic carbocycles. The van der Waals surface area contributed by atoms with E-state index in [0.29, 0.717) is 24.5 Å². The van der Waals surface area contributed by atoms with Crippen LogP contribution in [0.1, 0.15) is 32.7 Å².